The average molecular weight is 271 g/mol. The lowest BCUT2D eigenvalue weighted by Crippen LogP contribution is -2.22. The Labute approximate surface area is 117 Å². The molecule has 2 aromatic rings. The van der Waals surface area contributed by atoms with Crippen LogP contribution in [0.5, 0.6) is 0 Å². The van der Waals surface area contributed by atoms with E-state index in [-0.39, 0.29) is 5.84 Å². The normalized spacial score (nSPS) is 11.4. The van der Waals surface area contributed by atoms with Crippen molar-refractivity contribution in [2.75, 3.05) is 11.9 Å². The molecule has 104 valence electrons. The molecule has 0 aliphatic heterocycles. The summed E-state index contributed by atoms with van der Waals surface area (Å²) < 4.78 is 0. The van der Waals surface area contributed by atoms with Crippen molar-refractivity contribution in [3.8, 4) is 0 Å². The number of nitrogens with two attached hydrogens (primary N) is 1. The topological polar surface area (TPSA) is 87.6 Å². The molecule has 1 aromatic carbocycles. The number of rotatable bonds is 3. The van der Waals surface area contributed by atoms with E-state index in [0.717, 1.165) is 16.8 Å². The van der Waals surface area contributed by atoms with E-state index < -0.39 is 0 Å². The van der Waals surface area contributed by atoms with Gasteiger partial charge in [0.05, 0.1) is 0 Å². The second-order valence-corrected chi connectivity index (χ2v) is 4.62. The third-order valence-electron chi connectivity index (χ3n) is 2.94. The van der Waals surface area contributed by atoms with E-state index in [4.69, 9.17) is 10.9 Å². The fourth-order valence-electron chi connectivity index (χ4n) is 2.07. The van der Waals surface area contributed by atoms with E-state index >= 15 is 0 Å². The van der Waals surface area contributed by atoms with Crippen LogP contribution >= 0.6 is 0 Å². The van der Waals surface area contributed by atoms with Gasteiger partial charge in [0.25, 0.3) is 0 Å². The highest BCUT2D eigenvalue weighted by molar-refractivity contribution is 6.00. The molecule has 0 saturated carbocycles. The van der Waals surface area contributed by atoms with E-state index in [1.54, 1.807) is 6.20 Å². The first-order valence-corrected chi connectivity index (χ1v) is 6.14. The minimum atomic E-state index is -0.0654. The van der Waals surface area contributed by atoms with Gasteiger partial charge in [-0.25, -0.2) is 9.97 Å². The van der Waals surface area contributed by atoms with Gasteiger partial charge in [0.15, 0.2) is 17.3 Å². The SMILES string of the molecule is Cc1cc(C)cc(N(C)c2nccnc2C(N)=NO)c1. The maximum absolute atomic E-state index is 8.83. The number of aromatic nitrogens is 2. The largest absolute Gasteiger partial charge is 0.409 e. The Morgan fingerprint density at radius 3 is 2.35 bits per heavy atom. The van der Waals surface area contributed by atoms with Crippen molar-refractivity contribution in [3.05, 3.63) is 47.4 Å². The Hall–Kier alpha value is -2.63. The molecule has 2 rings (SSSR count). The number of anilines is 2. The number of benzene rings is 1. The average Bonchev–Trinajstić information content (AvgIpc) is 2.44. The number of hydrogen-bond acceptors (Lipinski definition) is 5. The first-order valence-electron chi connectivity index (χ1n) is 6.14. The van der Waals surface area contributed by atoms with Gasteiger partial charge in [0, 0.05) is 25.1 Å². The van der Waals surface area contributed by atoms with Gasteiger partial charge >= 0.3 is 0 Å². The number of nitrogens with zero attached hydrogens (tertiary/aromatic N) is 4. The lowest BCUT2D eigenvalue weighted by atomic mass is 10.1. The number of aryl methyl sites for hydroxylation is 2. The van der Waals surface area contributed by atoms with Crippen LogP contribution in [0.2, 0.25) is 0 Å². The predicted molar refractivity (Wildman–Crippen MR) is 78.5 cm³/mol. The molecule has 0 aliphatic carbocycles. The van der Waals surface area contributed by atoms with Crippen LogP contribution in [-0.2, 0) is 0 Å². The summed E-state index contributed by atoms with van der Waals surface area (Å²) in [5.74, 6) is 0.470. The highest BCUT2D eigenvalue weighted by atomic mass is 16.4. The van der Waals surface area contributed by atoms with E-state index in [1.807, 2.05) is 37.9 Å². The highest BCUT2D eigenvalue weighted by Gasteiger charge is 2.15. The summed E-state index contributed by atoms with van der Waals surface area (Å²) in [5.41, 5.74) is 9.26. The maximum atomic E-state index is 8.83. The third-order valence-corrected chi connectivity index (χ3v) is 2.94. The van der Waals surface area contributed by atoms with E-state index in [9.17, 15) is 0 Å². The van der Waals surface area contributed by atoms with Gasteiger partial charge in [0.2, 0.25) is 0 Å². The van der Waals surface area contributed by atoms with Crippen LogP contribution in [0.4, 0.5) is 11.5 Å². The third kappa shape index (κ3) is 2.69. The van der Waals surface area contributed by atoms with Crippen molar-refractivity contribution in [1.82, 2.24) is 9.97 Å². The van der Waals surface area contributed by atoms with Gasteiger partial charge in [-0.05, 0) is 37.1 Å². The van der Waals surface area contributed by atoms with Gasteiger partial charge in [-0.3, -0.25) is 0 Å². The molecule has 6 nitrogen and oxygen atoms in total. The summed E-state index contributed by atoms with van der Waals surface area (Å²) in [6, 6.07) is 6.17. The predicted octanol–water partition coefficient (Wildman–Crippen LogP) is 1.96. The molecule has 0 radical (unpaired) electrons. The fraction of sp³-hybridized carbons (Fsp3) is 0.214. The molecular weight excluding hydrogens is 254 g/mol. The number of hydrogen-bond donors (Lipinski definition) is 2. The number of amidine groups is 1. The van der Waals surface area contributed by atoms with Crippen molar-refractivity contribution >= 4 is 17.3 Å². The van der Waals surface area contributed by atoms with Gasteiger partial charge in [-0.1, -0.05) is 11.2 Å². The summed E-state index contributed by atoms with van der Waals surface area (Å²) in [6.45, 7) is 4.07. The summed E-state index contributed by atoms with van der Waals surface area (Å²) >= 11 is 0. The zero-order valence-electron chi connectivity index (χ0n) is 11.7. The lowest BCUT2D eigenvalue weighted by Gasteiger charge is -2.21. The van der Waals surface area contributed by atoms with E-state index in [0.29, 0.717) is 11.5 Å². The standard InChI is InChI=1S/C14H17N5O/c1-9-6-10(2)8-11(7-9)19(3)14-12(13(15)18-20)16-4-5-17-14/h4-8,20H,1-3H3,(H2,15,18). The molecule has 0 fully saturated rings. The highest BCUT2D eigenvalue weighted by Crippen LogP contribution is 2.25. The molecule has 1 aromatic heterocycles. The zero-order chi connectivity index (χ0) is 14.7. The van der Waals surface area contributed by atoms with Gasteiger partial charge < -0.3 is 15.8 Å². The molecule has 0 saturated heterocycles. The molecule has 0 aliphatic rings. The first kappa shape index (κ1) is 13.8. The van der Waals surface area contributed by atoms with Crippen molar-refractivity contribution < 1.29 is 5.21 Å². The van der Waals surface area contributed by atoms with Crippen LogP contribution in [-0.4, -0.2) is 28.1 Å². The van der Waals surface area contributed by atoms with Crippen LogP contribution in [0, 0.1) is 13.8 Å². The van der Waals surface area contributed by atoms with Gasteiger partial charge in [-0.2, -0.15) is 0 Å². The quantitative estimate of drug-likeness (QED) is 0.385. The summed E-state index contributed by atoms with van der Waals surface area (Å²) in [6.07, 6.45) is 3.08. The van der Waals surface area contributed by atoms with Crippen LogP contribution in [0.15, 0.2) is 35.7 Å². The molecular formula is C14H17N5O. The maximum Gasteiger partial charge on any atom is 0.192 e. The molecule has 6 heteroatoms. The minimum Gasteiger partial charge on any atom is -0.409 e. The molecule has 0 spiro atoms. The van der Waals surface area contributed by atoms with Gasteiger partial charge in [0.1, 0.15) is 0 Å². The van der Waals surface area contributed by atoms with Crippen molar-refractivity contribution in [2.45, 2.75) is 13.8 Å². The fourth-order valence-corrected chi connectivity index (χ4v) is 2.07. The Morgan fingerprint density at radius 2 is 1.75 bits per heavy atom. The smallest absolute Gasteiger partial charge is 0.192 e. The summed E-state index contributed by atoms with van der Waals surface area (Å²) in [5, 5.41) is 11.8. The molecule has 0 unspecified atom stereocenters. The molecule has 1 heterocycles. The monoisotopic (exact) mass is 271 g/mol. The van der Waals surface area contributed by atoms with Crippen molar-refractivity contribution in [3.63, 3.8) is 0 Å². The molecule has 3 N–H and O–H groups in total. The molecule has 0 bridgehead atoms. The second kappa shape index (κ2) is 5.56. The Balaban J connectivity index is 2.51. The van der Waals surface area contributed by atoms with Crippen LogP contribution < -0.4 is 10.6 Å². The van der Waals surface area contributed by atoms with Crippen LogP contribution in [0.25, 0.3) is 0 Å². The van der Waals surface area contributed by atoms with Crippen molar-refractivity contribution in [1.29, 1.82) is 0 Å². The minimum absolute atomic E-state index is 0.0654. The van der Waals surface area contributed by atoms with Crippen LogP contribution in [0.1, 0.15) is 16.8 Å². The van der Waals surface area contributed by atoms with E-state index in [1.165, 1.54) is 6.20 Å². The Morgan fingerprint density at radius 1 is 1.15 bits per heavy atom. The van der Waals surface area contributed by atoms with Crippen molar-refractivity contribution in [2.24, 2.45) is 10.9 Å². The molecule has 0 atom stereocenters. The second-order valence-electron chi connectivity index (χ2n) is 4.62. The Bertz CT molecular complexity index is 634. The van der Waals surface area contributed by atoms with Gasteiger partial charge in [-0.15, -0.1) is 0 Å². The molecule has 0 amide bonds. The summed E-state index contributed by atoms with van der Waals surface area (Å²) in [7, 11) is 1.87. The molecule has 20 heavy (non-hydrogen) atoms. The summed E-state index contributed by atoms with van der Waals surface area (Å²) in [4.78, 5) is 10.3. The number of oxime groups is 1. The Kier molecular flexibility index (Phi) is 3.84. The van der Waals surface area contributed by atoms with Crippen LogP contribution in [0.3, 0.4) is 0 Å². The first-order chi connectivity index (χ1) is 9.52. The van der Waals surface area contributed by atoms with E-state index in [2.05, 4.69) is 21.2 Å². The zero-order valence-corrected chi connectivity index (χ0v) is 11.7. The lowest BCUT2D eigenvalue weighted by molar-refractivity contribution is 0.318.